The van der Waals surface area contributed by atoms with Crippen molar-refractivity contribution in [1.29, 1.82) is 0 Å². The van der Waals surface area contributed by atoms with Crippen LogP contribution >= 0.6 is 0 Å². The summed E-state index contributed by atoms with van der Waals surface area (Å²) in [7, 11) is 0. The summed E-state index contributed by atoms with van der Waals surface area (Å²) in [5, 5.41) is 3.45. The highest BCUT2D eigenvalue weighted by atomic mass is 15.2. The van der Waals surface area contributed by atoms with Crippen LogP contribution in [0.5, 0.6) is 0 Å². The fraction of sp³-hybridized carbons (Fsp3) is 0.857. The van der Waals surface area contributed by atoms with Gasteiger partial charge < -0.3 is 5.32 Å². The third-order valence-corrected chi connectivity index (χ3v) is 3.68. The molecule has 0 aromatic carbocycles. The molecule has 0 aromatic rings. The van der Waals surface area contributed by atoms with Crippen LogP contribution < -0.4 is 5.32 Å². The highest BCUT2D eigenvalue weighted by Gasteiger charge is 2.32. The molecule has 1 aliphatic rings. The van der Waals surface area contributed by atoms with Gasteiger partial charge in [0.05, 0.1) is 0 Å². The lowest BCUT2D eigenvalue weighted by molar-refractivity contribution is 0.0710. The monoisotopic (exact) mass is 224 g/mol. The fourth-order valence-electron chi connectivity index (χ4n) is 2.38. The minimum atomic E-state index is 0.238. The Hall–Kier alpha value is -0.340. The van der Waals surface area contributed by atoms with Crippen LogP contribution in [0, 0.1) is 5.41 Å². The Morgan fingerprint density at radius 3 is 2.31 bits per heavy atom. The molecule has 0 saturated carbocycles. The normalized spacial score (nSPS) is 21.1. The van der Waals surface area contributed by atoms with Crippen molar-refractivity contribution in [3.63, 3.8) is 0 Å². The van der Waals surface area contributed by atoms with Gasteiger partial charge in [-0.3, -0.25) is 4.90 Å². The second-order valence-electron chi connectivity index (χ2n) is 6.40. The molecule has 1 rings (SSSR count). The number of rotatable bonds is 4. The molecule has 0 bridgehead atoms. The number of hydrogen-bond donors (Lipinski definition) is 1. The van der Waals surface area contributed by atoms with E-state index in [1.54, 1.807) is 0 Å². The molecule has 0 unspecified atom stereocenters. The zero-order chi connectivity index (χ0) is 12.2. The lowest BCUT2D eigenvalue weighted by Crippen LogP contribution is -2.49. The molecule has 1 heterocycles. The van der Waals surface area contributed by atoms with Crippen LogP contribution in [0.1, 0.15) is 40.5 Å². The van der Waals surface area contributed by atoms with Crippen molar-refractivity contribution in [3.05, 3.63) is 12.7 Å². The summed E-state index contributed by atoms with van der Waals surface area (Å²) >= 11 is 0. The van der Waals surface area contributed by atoms with Gasteiger partial charge in [0.1, 0.15) is 0 Å². The summed E-state index contributed by atoms with van der Waals surface area (Å²) in [6.45, 7) is 17.7. The molecule has 0 aromatic heterocycles. The van der Waals surface area contributed by atoms with Gasteiger partial charge in [-0.05, 0) is 52.1 Å². The highest BCUT2D eigenvalue weighted by molar-refractivity contribution is 4.90. The molecule has 0 aliphatic carbocycles. The zero-order valence-corrected chi connectivity index (χ0v) is 11.5. The Kier molecular flexibility index (Phi) is 4.57. The molecule has 1 fully saturated rings. The quantitative estimate of drug-likeness (QED) is 0.739. The van der Waals surface area contributed by atoms with Crippen molar-refractivity contribution in [2.75, 3.05) is 26.2 Å². The second-order valence-corrected chi connectivity index (χ2v) is 6.40. The molecule has 0 atom stereocenters. The van der Waals surface area contributed by atoms with E-state index in [2.05, 4.69) is 44.5 Å². The largest absolute Gasteiger partial charge is 0.317 e. The van der Waals surface area contributed by atoms with Crippen molar-refractivity contribution in [3.8, 4) is 0 Å². The second kappa shape index (κ2) is 5.33. The van der Waals surface area contributed by atoms with E-state index < -0.39 is 0 Å². The molecule has 0 spiro atoms. The predicted molar refractivity (Wildman–Crippen MR) is 71.7 cm³/mol. The molecular weight excluding hydrogens is 196 g/mol. The van der Waals surface area contributed by atoms with E-state index in [-0.39, 0.29) is 5.54 Å². The average Bonchev–Trinajstić information content (AvgIpc) is 2.16. The Bertz CT molecular complexity index is 221. The first kappa shape index (κ1) is 13.7. The Balaban J connectivity index is 2.62. The summed E-state index contributed by atoms with van der Waals surface area (Å²) in [6.07, 6.45) is 4.60. The van der Waals surface area contributed by atoms with Gasteiger partial charge in [-0.15, -0.1) is 6.58 Å². The molecule has 16 heavy (non-hydrogen) atoms. The van der Waals surface area contributed by atoms with E-state index in [4.69, 9.17) is 0 Å². The third-order valence-electron chi connectivity index (χ3n) is 3.68. The predicted octanol–water partition coefficient (Wildman–Crippen LogP) is 2.66. The summed E-state index contributed by atoms with van der Waals surface area (Å²) in [6, 6.07) is 0. The summed E-state index contributed by atoms with van der Waals surface area (Å²) in [4.78, 5) is 2.55. The van der Waals surface area contributed by atoms with Gasteiger partial charge in [-0.25, -0.2) is 0 Å². The number of hydrogen-bond acceptors (Lipinski definition) is 2. The van der Waals surface area contributed by atoms with Crippen LogP contribution in [0.2, 0.25) is 0 Å². The van der Waals surface area contributed by atoms with Crippen molar-refractivity contribution < 1.29 is 0 Å². The van der Waals surface area contributed by atoms with Gasteiger partial charge in [0.15, 0.2) is 0 Å². The molecule has 0 radical (unpaired) electrons. The Labute approximate surface area is 101 Å². The van der Waals surface area contributed by atoms with E-state index in [0.29, 0.717) is 5.41 Å². The standard InChI is InChI=1S/C14H28N2/c1-6-11-16(13(2,3)4)12-14(5)7-9-15-10-8-14/h6,15H,1,7-12H2,2-5H3. The van der Waals surface area contributed by atoms with E-state index >= 15 is 0 Å². The van der Waals surface area contributed by atoms with Crippen molar-refractivity contribution >= 4 is 0 Å². The summed E-state index contributed by atoms with van der Waals surface area (Å²) in [5.41, 5.74) is 0.712. The number of nitrogens with zero attached hydrogens (tertiary/aromatic N) is 1. The SMILES string of the molecule is C=CCN(CC1(C)CCNCC1)C(C)(C)C. The number of nitrogens with one attached hydrogen (secondary N) is 1. The highest BCUT2D eigenvalue weighted by Crippen LogP contribution is 2.31. The minimum absolute atomic E-state index is 0.238. The van der Waals surface area contributed by atoms with Crippen LogP contribution in [0.4, 0.5) is 0 Å². The van der Waals surface area contributed by atoms with Gasteiger partial charge in [-0.2, -0.15) is 0 Å². The van der Waals surface area contributed by atoms with Crippen LogP contribution in [-0.2, 0) is 0 Å². The van der Waals surface area contributed by atoms with Gasteiger partial charge in [-0.1, -0.05) is 13.0 Å². The average molecular weight is 224 g/mol. The van der Waals surface area contributed by atoms with Gasteiger partial charge in [0, 0.05) is 18.6 Å². The van der Waals surface area contributed by atoms with Gasteiger partial charge >= 0.3 is 0 Å². The number of piperidine rings is 1. The molecule has 94 valence electrons. The maximum absolute atomic E-state index is 3.88. The molecule has 1 aliphatic heterocycles. The fourth-order valence-corrected chi connectivity index (χ4v) is 2.38. The van der Waals surface area contributed by atoms with Crippen LogP contribution in [0.15, 0.2) is 12.7 Å². The van der Waals surface area contributed by atoms with E-state index in [9.17, 15) is 0 Å². The van der Waals surface area contributed by atoms with Gasteiger partial charge in [0.25, 0.3) is 0 Å². The molecule has 0 amide bonds. The minimum Gasteiger partial charge on any atom is -0.317 e. The molecule has 1 N–H and O–H groups in total. The van der Waals surface area contributed by atoms with Crippen molar-refractivity contribution in [2.24, 2.45) is 5.41 Å². The van der Waals surface area contributed by atoms with Crippen molar-refractivity contribution in [2.45, 2.75) is 46.1 Å². The third kappa shape index (κ3) is 3.91. The summed E-state index contributed by atoms with van der Waals surface area (Å²) in [5.74, 6) is 0. The van der Waals surface area contributed by atoms with E-state index in [1.807, 2.05) is 6.08 Å². The van der Waals surface area contributed by atoms with Crippen LogP contribution in [0.3, 0.4) is 0 Å². The molecular formula is C14H28N2. The Morgan fingerprint density at radius 2 is 1.88 bits per heavy atom. The maximum Gasteiger partial charge on any atom is 0.0166 e. The summed E-state index contributed by atoms with van der Waals surface area (Å²) < 4.78 is 0. The first-order chi connectivity index (χ1) is 7.37. The van der Waals surface area contributed by atoms with Gasteiger partial charge in [0.2, 0.25) is 0 Å². The molecule has 1 saturated heterocycles. The topological polar surface area (TPSA) is 15.3 Å². The van der Waals surface area contributed by atoms with E-state index in [1.165, 1.54) is 32.5 Å². The lowest BCUT2D eigenvalue weighted by atomic mass is 9.79. The lowest BCUT2D eigenvalue weighted by Gasteiger charge is -2.43. The molecule has 2 nitrogen and oxygen atoms in total. The van der Waals surface area contributed by atoms with Crippen LogP contribution in [0.25, 0.3) is 0 Å². The Morgan fingerprint density at radius 1 is 1.31 bits per heavy atom. The first-order valence-electron chi connectivity index (χ1n) is 6.44. The first-order valence-corrected chi connectivity index (χ1v) is 6.44. The van der Waals surface area contributed by atoms with Crippen LogP contribution in [-0.4, -0.2) is 36.6 Å². The smallest absolute Gasteiger partial charge is 0.0166 e. The van der Waals surface area contributed by atoms with Crippen molar-refractivity contribution in [1.82, 2.24) is 10.2 Å². The zero-order valence-electron chi connectivity index (χ0n) is 11.5. The molecule has 2 heteroatoms. The maximum atomic E-state index is 3.88. The van der Waals surface area contributed by atoms with E-state index in [0.717, 1.165) is 6.54 Å².